The van der Waals surface area contributed by atoms with E-state index < -0.39 is 0 Å². The van der Waals surface area contributed by atoms with Crippen LogP contribution >= 0.6 is 11.3 Å². The van der Waals surface area contributed by atoms with Crippen LogP contribution in [-0.2, 0) is 6.54 Å². The maximum atomic E-state index is 4.77. The van der Waals surface area contributed by atoms with Crippen molar-refractivity contribution in [1.29, 1.82) is 0 Å². The summed E-state index contributed by atoms with van der Waals surface area (Å²) in [6, 6.07) is 4.50. The second-order valence-electron chi connectivity index (χ2n) is 6.48. The van der Waals surface area contributed by atoms with Crippen molar-refractivity contribution in [3.8, 4) is 11.3 Å². The number of hydrogen-bond donors (Lipinski definition) is 1. The van der Waals surface area contributed by atoms with E-state index in [0.717, 1.165) is 17.2 Å². The molecule has 0 unspecified atom stereocenters. The Bertz CT molecular complexity index is 606. The Hall–Kier alpha value is -1.19. The first-order chi connectivity index (χ1) is 9.26. The third-order valence-electron chi connectivity index (χ3n) is 3.44. The molecule has 0 aliphatic heterocycles. The zero-order valence-corrected chi connectivity index (χ0v) is 14.1. The van der Waals surface area contributed by atoms with Gasteiger partial charge in [-0.3, -0.25) is 0 Å². The van der Waals surface area contributed by atoms with Crippen LogP contribution in [0.5, 0.6) is 0 Å². The fourth-order valence-electron chi connectivity index (χ4n) is 2.09. The summed E-state index contributed by atoms with van der Waals surface area (Å²) in [5, 5.41) is 6.80. The first kappa shape index (κ1) is 15.2. The predicted octanol–water partition coefficient (Wildman–Crippen LogP) is 4.62. The molecule has 0 bridgehead atoms. The summed E-state index contributed by atoms with van der Waals surface area (Å²) in [6.45, 7) is 13.8. The van der Waals surface area contributed by atoms with Crippen LogP contribution in [0.25, 0.3) is 11.3 Å². The van der Waals surface area contributed by atoms with Gasteiger partial charge in [0.05, 0.1) is 5.69 Å². The van der Waals surface area contributed by atoms with Gasteiger partial charge >= 0.3 is 0 Å². The van der Waals surface area contributed by atoms with E-state index in [-0.39, 0.29) is 5.54 Å². The van der Waals surface area contributed by atoms with Crippen molar-refractivity contribution in [2.45, 2.75) is 53.6 Å². The molecule has 1 heterocycles. The van der Waals surface area contributed by atoms with E-state index in [1.807, 2.05) is 0 Å². The van der Waals surface area contributed by atoms with E-state index in [1.165, 1.54) is 22.3 Å². The van der Waals surface area contributed by atoms with E-state index in [4.69, 9.17) is 4.98 Å². The van der Waals surface area contributed by atoms with Crippen molar-refractivity contribution in [3.63, 3.8) is 0 Å². The molecule has 1 N–H and O–H groups in total. The highest BCUT2D eigenvalue weighted by atomic mass is 32.1. The lowest BCUT2D eigenvalue weighted by atomic mass is 9.99. The van der Waals surface area contributed by atoms with Crippen molar-refractivity contribution in [2.75, 3.05) is 0 Å². The monoisotopic (exact) mass is 288 g/mol. The summed E-state index contributed by atoms with van der Waals surface area (Å²) in [5.41, 5.74) is 6.45. The first-order valence-electron chi connectivity index (χ1n) is 7.04. The van der Waals surface area contributed by atoms with Gasteiger partial charge in [0.2, 0.25) is 0 Å². The Labute approximate surface area is 126 Å². The van der Waals surface area contributed by atoms with E-state index >= 15 is 0 Å². The Morgan fingerprint density at radius 1 is 1.05 bits per heavy atom. The van der Waals surface area contributed by atoms with Gasteiger partial charge in [-0.05, 0) is 64.3 Å². The molecule has 1 aromatic heterocycles. The Balaban J connectivity index is 2.23. The van der Waals surface area contributed by atoms with Gasteiger partial charge in [0.25, 0.3) is 0 Å². The highest BCUT2D eigenvalue weighted by Crippen LogP contribution is 2.27. The number of rotatable bonds is 3. The van der Waals surface area contributed by atoms with Crippen LogP contribution in [0.2, 0.25) is 0 Å². The molecule has 20 heavy (non-hydrogen) atoms. The van der Waals surface area contributed by atoms with E-state index in [0.29, 0.717) is 0 Å². The largest absolute Gasteiger partial charge is 0.306 e. The van der Waals surface area contributed by atoms with Gasteiger partial charge < -0.3 is 5.32 Å². The van der Waals surface area contributed by atoms with Gasteiger partial charge in [-0.2, -0.15) is 0 Å². The molecule has 108 valence electrons. The third kappa shape index (κ3) is 3.68. The minimum absolute atomic E-state index is 0.127. The molecule has 0 radical (unpaired) electrons. The van der Waals surface area contributed by atoms with E-state index in [9.17, 15) is 0 Å². The molecular weight excluding hydrogens is 264 g/mol. The van der Waals surface area contributed by atoms with Crippen molar-refractivity contribution >= 4 is 11.3 Å². The molecule has 0 spiro atoms. The van der Waals surface area contributed by atoms with E-state index in [2.05, 4.69) is 64.4 Å². The summed E-state index contributed by atoms with van der Waals surface area (Å²) in [7, 11) is 0. The third-order valence-corrected chi connectivity index (χ3v) is 4.29. The average Bonchev–Trinajstić information content (AvgIpc) is 2.79. The average molecular weight is 288 g/mol. The van der Waals surface area contributed by atoms with Crippen molar-refractivity contribution in [1.82, 2.24) is 10.3 Å². The predicted molar refractivity (Wildman–Crippen MR) is 88.4 cm³/mol. The van der Waals surface area contributed by atoms with Crippen LogP contribution in [0, 0.1) is 20.8 Å². The maximum absolute atomic E-state index is 4.77. The molecule has 1 aromatic carbocycles. The molecule has 2 rings (SSSR count). The summed E-state index contributed by atoms with van der Waals surface area (Å²) in [6.07, 6.45) is 0. The highest BCUT2D eigenvalue weighted by molar-refractivity contribution is 7.09. The highest BCUT2D eigenvalue weighted by Gasteiger charge is 2.12. The summed E-state index contributed by atoms with van der Waals surface area (Å²) >= 11 is 1.73. The Kier molecular flexibility index (Phi) is 4.31. The quantitative estimate of drug-likeness (QED) is 0.891. The van der Waals surface area contributed by atoms with Gasteiger partial charge in [0.15, 0.2) is 0 Å². The molecule has 0 saturated heterocycles. The number of thiazole rings is 1. The summed E-state index contributed by atoms with van der Waals surface area (Å²) in [4.78, 5) is 4.77. The van der Waals surface area contributed by atoms with Crippen molar-refractivity contribution in [3.05, 3.63) is 39.2 Å². The fourth-order valence-corrected chi connectivity index (χ4v) is 2.83. The Morgan fingerprint density at radius 2 is 1.70 bits per heavy atom. The molecule has 0 fully saturated rings. The smallest absolute Gasteiger partial charge is 0.107 e. The molecule has 0 aliphatic carbocycles. The SMILES string of the molecule is Cc1cc(C)c(-c2csc(CNC(C)(C)C)n2)cc1C. The lowest BCUT2D eigenvalue weighted by Crippen LogP contribution is -2.34. The fraction of sp³-hybridized carbons (Fsp3) is 0.471. The molecule has 3 heteroatoms. The first-order valence-corrected chi connectivity index (χ1v) is 7.92. The van der Waals surface area contributed by atoms with Gasteiger partial charge in [-0.1, -0.05) is 6.07 Å². The second kappa shape index (κ2) is 5.66. The van der Waals surface area contributed by atoms with Gasteiger partial charge in [-0.25, -0.2) is 4.98 Å². The van der Waals surface area contributed by atoms with E-state index in [1.54, 1.807) is 11.3 Å². The number of nitrogens with zero attached hydrogens (tertiary/aromatic N) is 1. The number of nitrogens with one attached hydrogen (secondary N) is 1. The zero-order valence-electron chi connectivity index (χ0n) is 13.3. The van der Waals surface area contributed by atoms with Crippen LogP contribution in [0.3, 0.4) is 0 Å². The molecule has 2 aromatic rings. The Morgan fingerprint density at radius 3 is 2.35 bits per heavy atom. The molecule has 0 atom stereocenters. The molecular formula is C17H24N2S. The summed E-state index contributed by atoms with van der Waals surface area (Å²) < 4.78 is 0. The molecule has 0 aliphatic rings. The molecule has 2 nitrogen and oxygen atoms in total. The minimum Gasteiger partial charge on any atom is -0.306 e. The topological polar surface area (TPSA) is 24.9 Å². The normalized spacial score (nSPS) is 11.9. The van der Waals surface area contributed by atoms with Gasteiger partial charge in [0.1, 0.15) is 5.01 Å². The lowest BCUT2D eigenvalue weighted by molar-refractivity contribution is 0.424. The van der Waals surface area contributed by atoms with Gasteiger partial charge in [-0.15, -0.1) is 11.3 Å². The number of benzene rings is 1. The maximum Gasteiger partial charge on any atom is 0.107 e. The summed E-state index contributed by atoms with van der Waals surface area (Å²) in [5.74, 6) is 0. The number of aromatic nitrogens is 1. The minimum atomic E-state index is 0.127. The van der Waals surface area contributed by atoms with Crippen LogP contribution in [0.4, 0.5) is 0 Å². The molecule has 0 saturated carbocycles. The lowest BCUT2D eigenvalue weighted by Gasteiger charge is -2.19. The van der Waals surface area contributed by atoms with Crippen LogP contribution in [0.15, 0.2) is 17.5 Å². The van der Waals surface area contributed by atoms with Gasteiger partial charge in [0, 0.05) is 23.0 Å². The van der Waals surface area contributed by atoms with Crippen LogP contribution in [0.1, 0.15) is 42.5 Å². The standard InChI is InChI=1S/C17H24N2S/c1-11-7-13(3)14(8-12(11)2)15-10-20-16(19-15)9-18-17(4,5)6/h7-8,10,18H,9H2,1-6H3. The van der Waals surface area contributed by atoms with Crippen LogP contribution < -0.4 is 5.32 Å². The number of aryl methyl sites for hydroxylation is 3. The van der Waals surface area contributed by atoms with Crippen LogP contribution in [-0.4, -0.2) is 10.5 Å². The second-order valence-corrected chi connectivity index (χ2v) is 7.42. The number of hydrogen-bond acceptors (Lipinski definition) is 3. The zero-order chi connectivity index (χ0) is 14.9. The van der Waals surface area contributed by atoms with Crippen molar-refractivity contribution < 1.29 is 0 Å². The molecule has 0 amide bonds. The van der Waals surface area contributed by atoms with Crippen molar-refractivity contribution in [2.24, 2.45) is 0 Å².